The number of alkyl halides is 1. The smallest absolute Gasteiger partial charge is 0.410 e. The number of amides is 1. The zero-order valence-corrected chi connectivity index (χ0v) is 15.3. The Labute approximate surface area is 144 Å². The monoisotopic (exact) mass is 384 g/mol. The summed E-state index contributed by atoms with van der Waals surface area (Å²) in [6.07, 6.45) is -0.417. The van der Waals surface area contributed by atoms with Gasteiger partial charge >= 0.3 is 6.09 Å². The minimum atomic E-state index is -1.36. The van der Waals surface area contributed by atoms with Crippen molar-refractivity contribution in [3.63, 3.8) is 0 Å². The minimum absolute atomic E-state index is 0.111. The lowest BCUT2D eigenvalue weighted by Crippen LogP contribution is -2.40. The Kier molecular flexibility index (Phi) is 4.07. The second kappa shape index (κ2) is 5.65. The number of anilines is 1. The van der Waals surface area contributed by atoms with Crippen LogP contribution >= 0.6 is 15.9 Å². The summed E-state index contributed by atoms with van der Waals surface area (Å²) in [5.74, 6) is -0.168. The second-order valence-corrected chi connectivity index (χ2v) is 8.37. The van der Waals surface area contributed by atoms with Crippen LogP contribution in [0, 0.1) is 5.92 Å². The molecular formula is C17H22BrFN2O2. The predicted octanol–water partition coefficient (Wildman–Crippen LogP) is 3.84. The maximum absolute atomic E-state index is 15.3. The van der Waals surface area contributed by atoms with Gasteiger partial charge in [-0.1, -0.05) is 15.9 Å². The summed E-state index contributed by atoms with van der Waals surface area (Å²) in [7, 11) is 0. The number of ether oxygens (including phenoxy) is 1. The number of fused-ring (bicyclic) bond motifs is 1. The topological polar surface area (TPSA) is 32.8 Å². The highest BCUT2D eigenvalue weighted by Gasteiger charge is 2.55. The number of hydrogen-bond acceptors (Lipinski definition) is 3. The fraction of sp³-hybridized carbons (Fsp3) is 0.588. The molecule has 0 aromatic heterocycles. The van der Waals surface area contributed by atoms with Crippen molar-refractivity contribution in [1.82, 2.24) is 4.90 Å². The molecule has 1 aromatic carbocycles. The van der Waals surface area contributed by atoms with E-state index >= 15 is 4.39 Å². The third-order valence-electron chi connectivity index (χ3n) is 4.36. The highest BCUT2D eigenvalue weighted by Crippen LogP contribution is 2.40. The van der Waals surface area contributed by atoms with Gasteiger partial charge in [0.15, 0.2) is 5.67 Å². The number of rotatable bonds is 1. The molecule has 23 heavy (non-hydrogen) atoms. The zero-order valence-electron chi connectivity index (χ0n) is 13.7. The first-order chi connectivity index (χ1) is 10.7. The van der Waals surface area contributed by atoms with Gasteiger partial charge in [0.1, 0.15) is 5.60 Å². The number of likely N-dealkylation sites (tertiary alicyclic amines) is 1. The lowest BCUT2D eigenvalue weighted by molar-refractivity contribution is 0.0261. The molecule has 1 amide bonds. The molecule has 2 fully saturated rings. The molecule has 0 aliphatic carbocycles. The van der Waals surface area contributed by atoms with E-state index in [1.165, 1.54) is 4.90 Å². The first-order valence-electron chi connectivity index (χ1n) is 7.84. The molecule has 0 unspecified atom stereocenters. The molecule has 0 N–H and O–H groups in total. The number of hydrogen-bond donors (Lipinski definition) is 0. The Morgan fingerprint density at radius 2 is 1.91 bits per heavy atom. The average Bonchev–Trinajstić information content (AvgIpc) is 2.89. The molecule has 0 saturated carbocycles. The Hall–Kier alpha value is -1.30. The molecule has 2 atom stereocenters. The van der Waals surface area contributed by atoms with E-state index in [0.29, 0.717) is 19.6 Å². The lowest BCUT2D eigenvalue weighted by atomic mass is 9.97. The van der Waals surface area contributed by atoms with Crippen LogP contribution in [0.25, 0.3) is 0 Å². The molecule has 2 aliphatic heterocycles. The first kappa shape index (κ1) is 16.6. The van der Waals surface area contributed by atoms with Gasteiger partial charge in [-0.3, -0.25) is 0 Å². The molecule has 126 valence electrons. The highest BCUT2D eigenvalue weighted by molar-refractivity contribution is 9.10. The van der Waals surface area contributed by atoms with Crippen LogP contribution in [0.5, 0.6) is 0 Å². The molecule has 4 nitrogen and oxygen atoms in total. The van der Waals surface area contributed by atoms with Crippen molar-refractivity contribution in [1.29, 1.82) is 0 Å². The van der Waals surface area contributed by atoms with Crippen LogP contribution in [0.15, 0.2) is 28.7 Å². The molecule has 3 rings (SSSR count). The van der Waals surface area contributed by atoms with E-state index in [9.17, 15) is 4.79 Å². The molecule has 1 aromatic rings. The summed E-state index contributed by atoms with van der Waals surface area (Å²) in [5, 5.41) is 0. The van der Waals surface area contributed by atoms with Crippen molar-refractivity contribution >= 4 is 27.7 Å². The van der Waals surface area contributed by atoms with E-state index in [4.69, 9.17) is 4.74 Å². The predicted molar refractivity (Wildman–Crippen MR) is 91.5 cm³/mol. The Morgan fingerprint density at radius 3 is 2.48 bits per heavy atom. The third kappa shape index (κ3) is 3.47. The first-order valence-corrected chi connectivity index (χ1v) is 8.63. The summed E-state index contributed by atoms with van der Waals surface area (Å²) in [6, 6.07) is 7.89. The SMILES string of the molecule is CC(C)(C)OC(=O)N1C[C@H]2CN(c3ccc(Br)cc3)C[C@]2(F)C1. The van der Waals surface area contributed by atoms with E-state index in [-0.39, 0.29) is 12.5 Å². The van der Waals surface area contributed by atoms with Crippen LogP contribution in [0.3, 0.4) is 0 Å². The molecule has 2 aliphatic rings. The van der Waals surface area contributed by atoms with Gasteiger partial charge in [-0.15, -0.1) is 0 Å². The standard InChI is InChI=1S/C17H22BrFN2O2/c1-16(2,3)23-15(22)21-9-12-8-20(10-17(12,19)11-21)14-6-4-13(18)5-7-14/h4-7,12H,8-11H2,1-3H3/t12-,17+/m1/s1. The van der Waals surface area contributed by atoms with Gasteiger partial charge in [-0.25, -0.2) is 9.18 Å². The van der Waals surface area contributed by atoms with E-state index < -0.39 is 17.4 Å². The lowest BCUT2D eigenvalue weighted by Gasteiger charge is -2.27. The van der Waals surface area contributed by atoms with Gasteiger partial charge in [0, 0.05) is 29.2 Å². The molecular weight excluding hydrogens is 363 g/mol. The fourth-order valence-corrected chi connectivity index (χ4v) is 3.57. The quantitative estimate of drug-likeness (QED) is 0.737. The Bertz CT molecular complexity index is 602. The summed E-state index contributed by atoms with van der Waals surface area (Å²) in [4.78, 5) is 15.7. The molecule has 0 radical (unpaired) electrons. The van der Waals surface area contributed by atoms with Crippen molar-refractivity contribution in [2.75, 3.05) is 31.1 Å². The van der Waals surface area contributed by atoms with E-state index in [2.05, 4.69) is 20.8 Å². The van der Waals surface area contributed by atoms with Crippen molar-refractivity contribution < 1.29 is 13.9 Å². The minimum Gasteiger partial charge on any atom is -0.444 e. The van der Waals surface area contributed by atoms with Crippen LogP contribution in [0.1, 0.15) is 20.8 Å². The summed E-state index contributed by atoms with van der Waals surface area (Å²) >= 11 is 3.41. The van der Waals surface area contributed by atoms with Crippen LogP contribution in [0.2, 0.25) is 0 Å². The van der Waals surface area contributed by atoms with Crippen molar-refractivity contribution in [3.8, 4) is 0 Å². The fourth-order valence-electron chi connectivity index (χ4n) is 3.30. The van der Waals surface area contributed by atoms with Crippen molar-refractivity contribution in [2.45, 2.75) is 32.0 Å². The van der Waals surface area contributed by atoms with Gasteiger partial charge in [-0.05, 0) is 45.0 Å². The average molecular weight is 385 g/mol. The summed E-state index contributed by atoms with van der Waals surface area (Å²) in [6.45, 7) is 6.93. The number of benzene rings is 1. The third-order valence-corrected chi connectivity index (χ3v) is 4.89. The maximum atomic E-state index is 15.3. The van der Waals surface area contributed by atoms with Crippen molar-refractivity contribution in [2.24, 2.45) is 5.92 Å². The van der Waals surface area contributed by atoms with Crippen LogP contribution in [0.4, 0.5) is 14.9 Å². The normalized spacial score (nSPS) is 27.3. The van der Waals surface area contributed by atoms with E-state index in [1.54, 1.807) is 0 Å². The number of halogens is 2. The number of carbonyl (C=O) groups is 1. The van der Waals surface area contributed by atoms with Crippen LogP contribution < -0.4 is 4.90 Å². The maximum Gasteiger partial charge on any atom is 0.410 e. The largest absolute Gasteiger partial charge is 0.444 e. The van der Waals surface area contributed by atoms with Gasteiger partial charge in [-0.2, -0.15) is 0 Å². The van der Waals surface area contributed by atoms with Crippen LogP contribution in [-0.4, -0.2) is 48.4 Å². The number of nitrogens with zero attached hydrogens (tertiary/aromatic N) is 2. The molecule has 6 heteroatoms. The second-order valence-electron chi connectivity index (χ2n) is 7.45. The molecule has 0 spiro atoms. The summed E-state index contributed by atoms with van der Waals surface area (Å²) in [5.41, 5.74) is -0.894. The Balaban J connectivity index is 1.66. The van der Waals surface area contributed by atoms with Gasteiger partial charge in [0.05, 0.1) is 13.1 Å². The van der Waals surface area contributed by atoms with Crippen LogP contribution in [-0.2, 0) is 4.74 Å². The van der Waals surface area contributed by atoms with E-state index in [0.717, 1.165) is 10.2 Å². The van der Waals surface area contributed by atoms with Gasteiger partial charge < -0.3 is 14.5 Å². The van der Waals surface area contributed by atoms with Crippen molar-refractivity contribution in [3.05, 3.63) is 28.7 Å². The summed E-state index contributed by atoms with van der Waals surface area (Å²) < 4.78 is 21.6. The molecule has 0 bridgehead atoms. The highest BCUT2D eigenvalue weighted by atomic mass is 79.9. The molecule has 2 heterocycles. The van der Waals surface area contributed by atoms with Gasteiger partial charge in [0.25, 0.3) is 0 Å². The van der Waals surface area contributed by atoms with E-state index in [1.807, 2.05) is 45.0 Å². The Morgan fingerprint density at radius 1 is 1.26 bits per heavy atom. The number of carbonyl (C=O) groups excluding carboxylic acids is 1. The van der Waals surface area contributed by atoms with Gasteiger partial charge in [0.2, 0.25) is 0 Å². The molecule has 2 saturated heterocycles. The zero-order chi connectivity index (χ0) is 16.8.